The van der Waals surface area contributed by atoms with Crippen molar-refractivity contribution < 1.29 is 14.3 Å². The molecule has 24 heavy (non-hydrogen) atoms. The average Bonchev–Trinajstić information content (AvgIpc) is 2.55. The summed E-state index contributed by atoms with van der Waals surface area (Å²) in [5, 5.41) is 0. The van der Waals surface area contributed by atoms with Crippen molar-refractivity contribution in [3.63, 3.8) is 0 Å². The number of hydrogen-bond acceptors (Lipinski definition) is 3. The zero-order valence-corrected chi connectivity index (χ0v) is 15.6. The van der Waals surface area contributed by atoms with E-state index in [1.807, 2.05) is 32.0 Å². The molecule has 0 saturated carbocycles. The smallest absolute Gasteiger partial charge is 0.339 e. The van der Waals surface area contributed by atoms with Crippen LogP contribution in [0.1, 0.15) is 27.0 Å². The molecule has 2 rings (SSSR count). The summed E-state index contributed by atoms with van der Waals surface area (Å²) in [5.74, 6) is -0.758. The second-order valence-corrected chi connectivity index (χ2v) is 6.59. The van der Waals surface area contributed by atoms with E-state index in [1.54, 1.807) is 30.1 Å². The lowest BCUT2D eigenvalue weighted by molar-refractivity contribution is -0.133. The molecule has 5 heteroatoms. The van der Waals surface area contributed by atoms with Gasteiger partial charge in [-0.2, -0.15) is 0 Å². The molecule has 0 aliphatic carbocycles. The van der Waals surface area contributed by atoms with Crippen LogP contribution in [0.4, 0.5) is 0 Å². The Morgan fingerprint density at radius 3 is 2.50 bits per heavy atom. The third-order valence-electron chi connectivity index (χ3n) is 3.75. The van der Waals surface area contributed by atoms with Crippen molar-refractivity contribution in [3.8, 4) is 0 Å². The molecule has 0 aliphatic rings. The van der Waals surface area contributed by atoms with E-state index in [4.69, 9.17) is 4.74 Å². The molecule has 2 aromatic rings. The molecule has 0 fully saturated rings. The van der Waals surface area contributed by atoms with Gasteiger partial charge in [-0.1, -0.05) is 35.9 Å². The number of halogens is 1. The van der Waals surface area contributed by atoms with Gasteiger partial charge in [-0.25, -0.2) is 4.79 Å². The van der Waals surface area contributed by atoms with Gasteiger partial charge >= 0.3 is 5.97 Å². The fraction of sp³-hybridized carbons (Fsp3) is 0.263. The summed E-state index contributed by atoms with van der Waals surface area (Å²) >= 11 is 3.29. The molecular weight excluding hydrogens is 370 g/mol. The Morgan fingerprint density at radius 1 is 1.12 bits per heavy atom. The Hall–Kier alpha value is -2.14. The van der Waals surface area contributed by atoms with Gasteiger partial charge in [-0.3, -0.25) is 4.79 Å². The van der Waals surface area contributed by atoms with Crippen LogP contribution in [0.2, 0.25) is 0 Å². The van der Waals surface area contributed by atoms with Crippen LogP contribution in [-0.4, -0.2) is 30.4 Å². The fourth-order valence-electron chi connectivity index (χ4n) is 2.31. The van der Waals surface area contributed by atoms with Crippen molar-refractivity contribution in [3.05, 3.63) is 69.2 Å². The maximum atomic E-state index is 12.2. The van der Waals surface area contributed by atoms with E-state index in [9.17, 15) is 9.59 Å². The van der Waals surface area contributed by atoms with Gasteiger partial charge in [-0.15, -0.1) is 0 Å². The van der Waals surface area contributed by atoms with Gasteiger partial charge in [-0.05, 0) is 53.0 Å². The second-order valence-electron chi connectivity index (χ2n) is 5.74. The molecule has 2 aromatic carbocycles. The van der Waals surface area contributed by atoms with Crippen LogP contribution in [0.15, 0.2) is 46.9 Å². The highest BCUT2D eigenvalue weighted by molar-refractivity contribution is 9.10. The number of likely N-dealkylation sites (N-methyl/N-ethyl adjacent to an activating group) is 1. The van der Waals surface area contributed by atoms with Crippen molar-refractivity contribution in [2.45, 2.75) is 20.4 Å². The minimum atomic E-state index is -0.518. The van der Waals surface area contributed by atoms with Crippen LogP contribution in [-0.2, 0) is 16.1 Å². The Labute approximate surface area is 150 Å². The fourth-order valence-corrected chi connectivity index (χ4v) is 2.76. The molecule has 126 valence electrons. The monoisotopic (exact) mass is 389 g/mol. The zero-order chi connectivity index (χ0) is 17.7. The molecule has 0 N–H and O–H groups in total. The summed E-state index contributed by atoms with van der Waals surface area (Å²) in [4.78, 5) is 25.8. The van der Waals surface area contributed by atoms with Gasteiger partial charge in [0.15, 0.2) is 6.61 Å². The molecule has 0 bridgehead atoms. The molecule has 0 atom stereocenters. The topological polar surface area (TPSA) is 46.6 Å². The number of ether oxygens (including phenoxy) is 1. The zero-order valence-electron chi connectivity index (χ0n) is 14.0. The molecule has 4 nitrogen and oxygen atoms in total. The van der Waals surface area contributed by atoms with Crippen molar-refractivity contribution in [2.24, 2.45) is 0 Å². The number of hydrogen-bond donors (Lipinski definition) is 0. The van der Waals surface area contributed by atoms with Gasteiger partial charge in [0.2, 0.25) is 0 Å². The number of esters is 1. The lowest BCUT2D eigenvalue weighted by Gasteiger charge is -2.19. The number of carbonyl (C=O) groups excluding carboxylic acids is 2. The second kappa shape index (κ2) is 8.11. The number of rotatable bonds is 5. The maximum Gasteiger partial charge on any atom is 0.339 e. The van der Waals surface area contributed by atoms with E-state index >= 15 is 0 Å². The number of benzene rings is 2. The summed E-state index contributed by atoms with van der Waals surface area (Å²) < 4.78 is 5.76. The van der Waals surface area contributed by atoms with Gasteiger partial charge in [0.05, 0.1) is 5.56 Å². The summed E-state index contributed by atoms with van der Waals surface area (Å²) in [7, 11) is 1.70. The molecule has 0 spiro atoms. The normalized spacial score (nSPS) is 10.3. The van der Waals surface area contributed by atoms with E-state index in [0.717, 1.165) is 11.1 Å². The lowest BCUT2D eigenvalue weighted by atomic mass is 10.1. The highest BCUT2D eigenvalue weighted by Gasteiger charge is 2.16. The first kappa shape index (κ1) is 18.2. The van der Waals surface area contributed by atoms with Crippen molar-refractivity contribution in [1.29, 1.82) is 0 Å². The number of carbonyl (C=O) groups is 2. The molecule has 0 saturated heterocycles. The Morgan fingerprint density at radius 2 is 1.83 bits per heavy atom. The summed E-state index contributed by atoms with van der Waals surface area (Å²) in [6.45, 7) is 4.26. The van der Waals surface area contributed by atoms with Crippen LogP contribution < -0.4 is 0 Å². The average molecular weight is 390 g/mol. The lowest BCUT2D eigenvalue weighted by Crippen LogP contribution is -2.31. The largest absolute Gasteiger partial charge is 0.452 e. The summed E-state index contributed by atoms with van der Waals surface area (Å²) in [5.41, 5.74) is 3.81. The van der Waals surface area contributed by atoms with Gasteiger partial charge in [0.1, 0.15) is 0 Å². The minimum Gasteiger partial charge on any atom is -0.452 e. The molecule has 0 aromatic heterocycles. The SMILES string of the molecule is Cc1ccc(CN(C)C(=O)COC(=O)c2ccccc2Br)c(C)c1. The highest BCUT2D eigenvalue weighted by atomic mass is 79.9. The van der Waals surface area contributed by atoms with E-state index < -0.39 is 5.97 Å². The van der Waals surface area contributed by atoms with E-state index in [2.05, 4.69) is 22.0 Å². The van der Waals surface area contributed by atoms with Crippen LogP contribution in [0.25, 0.3) is 0 Å². The predicted molar refractivity (Wildman–Crippen MR) is 96.8 cm³/mol. The van der Waals surface area contributed by atoms with Crippen molar-refractivity contribution >= 4 is 27.8 Å². The summed E-state index contributed by atoms with van der Waals surface area (Å²) in [6.07, 6.45) is 0. The molecule has 0 aliphatic heterocycles. The Bertz CT molecular complexity index is 758. The number of nitrogens with zero attached hydrogens (tertiary/aromatic N) is 1. The molecule has 0 unspecified atom stereocenters. The van der Waals surface area contributed by atoms with Crippen molar-refractivity contribution in [2.75, 3.05) is 13.7 Å². The van der Waals surface area contributed by atoms with E-state index in [1.165, 1.54) is 5.56 Å². The maximum absolute atomic E-state index is 12.2. The molecule has 0 radical (unpaired) electrons. The van der Waals surface area contributed by atoms with E-state index in [0.29, 0.717) is 16.6 Å². The van der Waals surface area contributed by atoms with Crippen LogP contribution in [0.3, 0.4) is 0 Å². The molecular formula is C19H20BrNO3. The standard InChI is InChI=1S/C19H20BrNO3/c1-13-8-9-15(14(2)10-13)11-21(3)18(22)12-24-19(23)16-6-4-5-7-17(16)20/h4-10H,11-12H2,1-3H3. The number of amides is 1. The highest BCUT2D eigenvalue weighted by Crippen LogP contribution is 2.17. The minimum absolute atomic E-state index is 0.240. The van der Waals surface area contributed by atoms with Gasteiger partial charge < -0.3 is 9.64 Å². The van der Waals surface area contributed by atoms with Gasteiger partial charge in [0.25, 0.3) is 5.91 Å². The summed E-state index contributed by atoms with van der Waals surface area (Å²) in [6, 6.07) is 13.1. The third-order valence-corrected chi connectivity index (χ3v) is 4.44. The number of aryl methyl sites for hydroxylation is 2. The Balaban J connectivity index is 1.92. The Kier molecular flexibility index (Phi) is 6.15. The van der Waals surface area contributed by atoms with Crippen LogP contribution in [0, 0.1) is 13.8 Å². The first-order valence-corrected chi connectivity index (χ1v) is 8.39. The third kappa shape index (κ3) is 4.68. The molecule has 0 heterocycles. The van der Waals surface area contributed by atoms with Crippen molar-refractivity contribution in [1.82, 2.24) is 4.90 Å². The first-order chi connectivity index (χ1) is 11.4. The van der Waals surface area contributed by atoms with Gasteiger partial charge in [0, 0.05) is 18.1 Å². The quantitative estimate of drug-likeness (QED) is 0.728. The van der Waals surface area contributed by atoms with E-state index in [-0.39, 0.29) is 12.5 Å². The van der Waals surface area contributed by atoms with Crippen LogP contribution >= 0.6 is 15.9 Å². The first-order valence-electron chi connectivity index (χ1n) is 7.60. The van der Waals surface area contributed by atoms with Crippen LogP contribution in [0.5, 0.6) is 0 Å². The predicted octanol–water partition coefficient (Wildman–Crippen LogP) is 3.88. The molecule has 1 amide bonds.